The van der Waals surface area contributed by atoms with Gasteiger partial charge < -0.3 is 4.90 Å². The minimum absolute atomic E-state index is 0.696. The molecule has 3 aromatic carbocycles. The molecule has 4 heteroatoms. The second-order valence-electron chi connectivity index (χ2n) is 7.03. The molecule has 0 unspecified atom stereocenters. The fourth-order valence-electron chi connectivity index (χ4n) is 3.13. The molecule has 4 aromatic rings. The minimum atomic E-state index is 0.696. The molecule has 0 aliphatic carbocycles. The van der Waals surface area contributed by atoms with Gasteiger partial charge in [-0.2, -0.15) is 0 Å². The largest absolute Gasteiger partial charge is 0.378 e. The first kappa shape index (κ1) is 19.5. The molecule has 0 atom stereocenters. The van der Waals surface area contributed by atoms with Crippen LogP contribution in [0.4, 0.5) is 5.69 Å². The van der Waals surface area contributed by atoms with Crippen molar-refractivity contribution in [2.45, 2.75) is 0 Å². The standard InChI is InChI=1S/C25H20Cl2NO/c1-28(2)23-13-7-17(8-14-23)20-15-24(18-3-9-21(26)10-4-18)29-25(16-20)19-5-11-22(27)12-6-19/h3-16H,1-2H3/q+1. The fourth-order valence-corrected chi connectivity index (χ4v) is 3.39. The van der Waals surface area contributed by atoms with Gasteiger partial charge in [-0.1, -0.05) is 35.3 Å². The summed E-state index contributed by atoms with van der Waals surface area (Å²) < 4.78 is 6.26. The molecule has 1 heterocycles. The number of rotatable bonds is 4. The van der Waals surface area contributed by atoms with E-state index < -0.39 is 0 Å². The van der Waals surface area contributed by atoms with E-state index >= 15 is 0 Å². The van der Waals surface area contributed by atoms with Gasteiger partial charge in [0.25, 0.3) is 0 Å². The van der Waals surface area contributed by atoms with Crippen molar-refractivity contribution in [2.75, 3.05) is 19.0 Å². The molecule has 0 saturated carbocycles. The Bertz CT molecular complexity index is 1060. The average Bonchev–Trinajstić information content (AvgIpc) is 2.74. The van der Waals surface area contributed by atoms with Gasteiger partial charge in [-0.05, 0) is 66.2 Å². The van der Waals surface area contributed by atoms with Crippen molar-refractivity contribution in [3.8, 4) is 33.8 Å². The van der Waals surface area contributed by atoms with Crippen LogP contribution < -0.4 is 4.90 Å². The van der Waals surface area contributed by atoms with Gasteiger partial charge in [-0.3, -0.25) is 0 Å². The summed E-state index contributed by atoms with van der Waals surface area (Å²) >= 11 is 12.1. The van der Waals surface area contributed by atoms with E-state index in [1.54, 1.807) is 0 Å². The minimum Gasteiger partial charge on any atom is -0.378 e. The molecule has 0 aliphatic rings. The van der Waals surface area contributed by atoms with Crippen molar-refractivity contribution in [3.63, 3.8) is 0 Å². The quantitative estimate of drug-likeness (QED) is 0.311. The second kappa shape index (κ2) is 8.28. The summed E-state index contributed by atoms with van der Waals surface area (Å²) in [5.41, 5.74) is 5.30. The Morgan fingerprint density at radius 1 is 0.552 bits per heavy atom. The molecule has 0 aliphatic heterocycles. The molecule has 0 spiro atoms. The molecular weight excluding hydrogens is 401 g/mol. The monoisotopic (exact) mass is 420 g/mol. The highest BCUT2D eigenvalue weighted by molar-refractivity contribution is 6.30. The second-order valence-corrected chi connectivity index (χ2v) is 7.90. The third-order valence-corrected chi connectivity index (χ3v) is 5.27. The van der Waals surface area contributed by atoms with Crippen molar-refractivity contribution >= 4 is 28.9 Å². The van der Waals surface area contributed by atoms with Gasteiger partial charge >= 0.3 is 11.5 Å². The van der Waals surface area contributed by atoms with Crippen LogP contribution >= 0.6 is 23.2 Å². The van der Waals surface area contributed by atoms with Crippen LogP contribution in [0.5, 0.6) is 0 Å². The Hall–Kier alpha value is -2.81. The lowest BCUT2D eigenvalue weighted by Gasteiger charge is -2.12. The first-order valence-corrected chi connectivity index (χ1v) is 10.0. The van der Waals surface area contributed by atoms with E-state index in [4.69, 9.17) is 27.6 Å². The van der Waals surface area contributed by atoms with Crippen LogP contribution in [0.15, 0.2) is 89.3 Å². The summed E-state index contributed by atoms with van der Waals surface area (Å²) in [6.45, 7) is 0. The van der Waals surface area contributed by atoms with Crippen molar-refractivity contribution in [3.05, 3.63) is 95.0 Å². The number of anilines is 1. The van der Waals surface area contributed by atoms with Crippen molar-refractivity contribution in [1.29, 1.82) is 0 Å². The molecule has 2 nitrogen and oxygen atoms in total. The maximum absolute atomic E-state index is 6.26. The zero-order valence-corrected chi connectivity index (χ0v) is 17.7. The SMILES string of the molecule is CN(C)c1ccc(-c2cc(-c3ccc(Cl)cc3)[o+]c(-c3ccc(Cl)cc3)c2)cc1. The van der Waals surface area contributed by atoms with E-state index in [1.807, 2.05) is 62.6 Å². The van der Waals surface area contributed by atoms with Crippen molar-refractivity contribution in [1.82, 2.24) is 0 Å². The molecule has 144 valence electrons. The summed E-state index contributed by atoms with van der Waals surface area (Å²) in [5, 5.41) is 1.39. The van der Waals surface area contributed by atoms with E-state index in [0.717, 1.165) is 39.5 Å². The van der Waals surface area contributed by atoms with E-state index in [2.05, 4.69) is 41.3 Å². The highest BCUT2D eigenvalue weighted by Crippen LogP contribution is 2.34. The maximum atomic E-state index is 6.26. The summed E-state index contributed by atoms with van der Waals surface area (Å²) in [4.78, 5) is 2.09. The van der Waals surface area contributed by atoms with Gasteiger partial charge in [0, 0.05) is 35.4 Å². The normalized spacial score (nSPS) is 10.8. The number of nitrogens with zero attached hydrogens (tertiary/aromatic N) is 1. The number of hydrogen-bond acceptors (Lipinski definition) is 1. The van der Waals surface area contributed by atoms with Crippen LogP contribution in [0.25, 0.3) is 33.8 Å². The smallest absolute Gasteiger partial charge is 0.361 e. The van der Waals surface area contributed by atoms with Crippen LogP contribution in [0.3, 0.4) is 0 Å². The van der Waals surface area contributed by atoms with Crippen LogP contribution in [-0.4, -0.2) is 14.1 Å². The topological polar surface area (TPSA) is 14.5 Å². The van der Waals surface area contributed by atoms with Gasteiger partial charge in [-0.15, -0.1) is 0 Å². The van der Waals surface area contributed by atoms with Crippen LogP contribution in [0.2, 0.25) is 10.0 Å². The summed E-state index contributed by atoms with van der Waals surface area (Å²) in [7, 11) is 4.07. The Morgan fingerprint density at radius 3 is 1.38 bits per heavy atom. The number of halogens is 2. The van der Waals surface area contributed by atoms with Gasteiger partial charge in [-0.25, -0.2) is 4.42 Å². The first-order valence-electron chi connectivity index (χ1n) is 9.27. The third kappa shape index (κ3) is 4.45. The Kier molecular flexibility index (Phi) is 5.57. The average molecular weight is 421 g/mol. The van der Waals surface area contributed by atoms with E-state index in [-0.39, 0.29) is 0 Å². The fraction of sp³-hybridized carbons (Fsp3) is 0.0800. The van der Waals surface area contributed by atoms with Gasteiger partial charge in [0.15, 0.2) is 0 Å². The van der Waals surface area contributed by atoms with Gasteiger partial charge in [0.1, 0.15) is 0 Å². The predicted molar refractivity (Wildman–Crippen MR) is 124 cm³/mol. The maximum Gasteiger partial charge on any atom is 0.361 e. The van der Waals surface area contributed by atoms with E-state index in [1.165, 1.54) is 0 Å². The Labute approximate surface area is 181 Å². The van der Waals surface area contributed by atoms with Crippen molar-refractivity contribution in [2.24, 2.45) is 0 Å². The van der Waals surface area contributed by atoms with E-state index in [0.29, 0.717) is 10.0 Å². The first-order chi connectivity index (χ1) is 14.0. The third-order valence-electron chi connectivity index (χ3n) is 4.77. The molecule has 1 aromatic heterocycles. The van der Waals surface area contributed by atoms with Crippen LogP contribution in [0, 0.1) is 0 Å². The lowest BCUT2D eigenvalue weighted by Crippen LogP contribution is -2.07. The predicted octanol–water partition coefficient (Wildman–Crippen LogP) is 7.93. The van der Waals surface area contributed by atoms with Gasteiger partial charge in [0.2, 0.25) is 0 Å². The van der Waals surface area contributed by atoms with Crippen molar-refractivity contribution < 1.29 is 4.42 Å². The van der Waals surface area contributed by atoms with Gasteiger partial charge in [0.05, 0.1) is 23.3 Å². The molecule has 4 rings (SSSR count). The zero-order valence-electron chi connectivity index (χ0n) is 16.2. The van der Waals surface area contributed by atoms with E-state index in [9.17, 15) is 0 Å². The zero-order chi connectivity index (χ0) is 20.4. The molecule has 0 radical (unpaired) electrons. The molecule has 29 heavy (non-hydrogen) atoms. The lowest BCUT2D eigenvalue weighted by molar-refractivity contribution is 0.582. The summed E-state index contributed by atoms with van der Waals surface area (Å²) in [6, 6.07) is 27.9. The number of benzene rings is 3. The Morgan fingerprint density at radius 2 is 0.966 bits per heavy atom. The molecule has 0 bridgehead atoms. The lowest BCUT2D eigenvalue weighted by atomic mass is 10.0. The van der Waals surface area contributed by atoms with Crippen LogP contribution in [-0.2, 0) is 0 Å². The molecule has 0 amide bonds. The van der Waals surface area contributed by atoms with Crippen LogP contribution in [0.1, 0.15) is 0 Å². The summed E-state index contributed by atoms with van der Waals surface area (Å²) in [5.74, 6) is 1.56. The number of hydrogen-bond donors (Lipinski definition) is 0. The Balaban J connectivity index is 1.85. The highest BCUT2D eigenvalue weighted by Gasteiger charge is 2.20. The highest BCUT2D eigenvalue weighted by atomic mass is 35.5. The summed E-state index contributed by atoms with van der Waals surface area (Å²) in [6.07, 6.45) is 0. The molecule has 0 saturated heterocycles. The molecule has 0 fully saturated rings. The molecular formula is C25H20Cl2NO+. The molecule has 0 N–H and O–H groups in total.